The zero-order chi connectivity index (χ0) is 19.3. The normalized spacial score (nSPS) is 11.4. The smallest absolute Gasteiger partial charge is 0.407 e. The molecule has 0 unspecified atom stereocenters. The summed E-state index contributed by atoms with van der Waals surface area (Å²) in [6, 6.07) is 0. The molecule has 9 nitrogen and oxygen atoms in total. The van der Waals surface area contributed by atoms with Crippen molar-refractivity contribution < 1.29 is 19.4 Å². The van der Waals surface area contributed by atoms with Crippen LogP contribution in [0, 0.1) is 6.92 Å². The maximum Gasteiger partial charge on any atom is 0.407 e. The van der Waals surface area contributed by atoms with Gasteiger partial charge in [0.05, 0.1) is 16.9 Å². The number of rotatable bonds is 7. The van der Waals surface area contributed by atoms with Gasteiger partial charge in [0.25, 0.3) is 0 Å². The Labute approximate surface area is 155 Å². The van der Waals surface area contributed by atoms with Crippen molar-refractivity contribution in [3.8, 4) is 0 Å². The van der Waals surface area contributed by atoms with Crippen molar-refractivity contribution in [2.45, 2.75) is 52.7 Å². The third-order valence-corrected chi connectivity index (χ3v) is 4.46. The Hall–Kier alpha value is -2.49. The van der Waals surface area contributed by atoms with Crippen LogP contribution >= 0.6 is 11.3 Å². The molecule has 2 aromatic heterocycles. The van der Waals surface area contributed by atoms with Crippen molar-refractivity contribution in [2.24, 2.45) is 0 Å². The second-order valence-electron chi connectivity index (χ2n) is 6.70. The molecule has 0 atom stereocenters. The molecule has 2 rings (SSSR count). The van der Waals surface area contributed by atoms with E-state index in [0.717, 1.165) is 10.6 Å². The van der Waals surface area contributed by atoms with E-state index in [1.165, 1.54) is 0 Å². The molecule has 0 bridgehead atoms. The van der Waals surface area contributed by atoms with Gasteiger partial charge in [-0.15, -0.1) is 16.4 Å². The van der Waals surface area contributed by atoms with Crippen LogP contribution in [0.4, 0.5) is 4.79 Å². The highest BCUT2D eigenvalue weighted by molar-refractivity contribution is 7.09. The summed E-state index contributed by atoms with van der Waals surface area (Å²) in [5.41, 5.74) is 2.52. The molecule has 0 aromatic carbocycles. The minimum absolute atomic E-state index is 0.1000. The Balaban J connectivity index is 2.01. The molecular weight excluding hydrogens is 358 g/mol. The van der Waals surface area contributed by atoms with E-state index in [-0.39, 0.29) is 18.7 Å². The molecule has 2 heterocycles. The van der Waals surface area contributed by atoms with Crippen LogP contribution in [0.1, 0.15) is 47.5 Å². The SMILES string of the molecule is Cc1ncsc1CCn1nnc(C(=O)O)c1CCNC(=O)OC(C)(C)C. The number of hydrogen-bond acceptors (Lipinski definition) is 7. The van der Waals surface area contributed by atoms with Crippen molar-refractivity contribution in [2.75, 3.05) is 6.54 Å². The number of carbonyl (C=O) groups excluding carboxylic acids is 1. The van der Waals surface area contributed by atoms with Crippen LogP contribution in [0.2, 0.25) is 0 Å². The van der Waals surface area contributed by atoms with Crippen LogP contribution in [0.25, 0.3) is 0 Å². The third kappa shape index (κ3) is 5.51. The number of aromatic carboxylic acids is 1. The number of aryl methyl sites for hydroxylation is 3. The van der Waals surface area contributed by atoms with E-state index in [4.69, 9.17) is 4.74 Å². The summed E-state index contributed by atoms with van der Waals surface area (Å²) in [5, 5.41) is 19.6. The van der Waals surface area contributed by atoms with Crippen molar-refractivity contribution in [1.29, 1.82) is 0 Å². The van der Waals surface area contributed by atoms with Crippen LogP contribution in [-0.2, 0) is 24.1 Å². The monoisotopic (exact) mass is 381 g/mol. The van der Waals surface area contributed by atoms with Gasteiger partial charge >= 0.3 is 12.1 Å². The van der Waals surface area contributed by atoms with E-state index < -0.39 is 17.7 Å². The maximum absolute atomic E-state index is 11.7. The minimum Gasteiger partial charge on any atom is -0.476 e. The summed E-state index contributed by atoms with van der Waals surface area (Å²) < 4.78 is 6.73. The van der Waals surface area contributed by atoms with Gasteiger partial charge in [-0.25, -0.2) is 19.3 Å². The molecule has 0 aliphatic carbocycles. The van der Waals surface area contributed by atoms with E-state index in [2.05, 4.69) is 20.6 Å². The van der Waals surface area contributed by atoms with E-state index in [1.807, 2.05) is 6.92 Å². The predicted molar refractivity (Wildman–Crippen MR) is 95.5 cm³/mol. The fourth-order valence-electron chi connectivity index (χ4n) is 2.30. The van der Waals surface area contributed by atoms with Gasteiger partial charge in [-0.2, -0.15) is 0 Å². The standard InChI is InChI=1S/C16H23N5O4S/c1-10-12(26-9-18-10)6-8-21-11(13(14(22)23)19-20-21)5-7-17-15(24)25-16(2,3)4/h9H,5-8H2,1-4H3,(H,17,24)(H,22,23). The largest absolute Gasteiger partial charge is 0.476 e. The number of aromatic nitrogens is 4. The molecule has 0 saturated carbocycles. The van der Waals surface area contributed by atoms with E-state index in [0.29, 0.717) is 18.7 Å². The molecule has 26 heavy (non-hydrogen) atoms. The number of nitrogens with zero attached hydrogens (tertiary/aromatic N) is 4. The summed E-state index contributed by atoms with van der Waals surface area (Å²) in [6.07, 6.45) is 0.426. The van der Waals surface area contributed by atoms with E-state index in [1.54, 1.807) is 42.3 Å². The molecule has 0 radical (unpaired) electrons. The molecule has 142 valence electrons. The highest BCUT2D eigenvalue weighted by atomic mass is 32.1. The molecule has 0 fully saturated rings. The van der Waals surface area contributed by atoms with Gasteiger partial charge < -0.3 is 15.2 Å². The average molecular weight is 381 g/mol. The first kappa shape index (κ1) is 19.8. The number of carboxylic acid groups (broad SMARTS) is 1. The number of carboxylic acids is 1. The molecule has 0 saturated heterocycles. The molecule has 10 heteroatoms. The van der Waals surface area contributed by atoms with Gasteiger partial charge in [0.1, 0.15) is 5.60 Å². The molecule has 0 aliphatic rings. The highest BCUT2D eigenvalue weighted by Crippen LogP contribution is 2.15. The highest BCUT2D eigenvalue weighted by Gasteiger charge is 2.20. The Morgan fingerprint density at radius 1 is 1.35 bits per heavy atom. The number of alkyl carbamates (subject to hydrolysis) is 1. The first-order valence-electron chi connectivity index (χ1n) is 8.19. The van der Waals surface area contributed by atoms with E-state index >= 15 is 0 Å². The number of ether oxygens (including phenoxy) is 1. The second-order valence-corrected chi connectivity index (χ2v) is 7.64. The molecule has 0 aliphatic heterocycles. The van der Waals surface area contributed by atoms with Crippen molar-refractivity contribution in [3.05, 3.63) is 27.5 Å². The first-order chi connectivity index (χ1) is 12.2. The molecule has 0 spiro atoms. The number of hydrogen-bond donors (Lipinski definition) is 2. The Morgan fingerprint density at radius 3 is 2.65 bits per heavy atom. The Morgan fingerprint density at radius 2 is 2.08 bits per heavy atom. The van der Waals surface area contributed by atoms with Crippen LogP contribution in [-0.4, -0.2) is 49.3 Å². The average Bonchev–Trinajstić information content (AvgIpc) is 3.09. The second kappa shape index (κ2) is 8.26. The van der Waals surface area contributed by atoms with Crippen LogP contribution in [0.5, 0.6) is 0 Å². The quantitative estimate of drug-likeness (QED) is 0.753. The van der Waals surface area contributed by atoms with Gasteiger partial charge in [0, 0.05) is 30.8 Å². The Kier molecular flexibility index (Phi) is 6.30. The minimum atomic E-state index is -1.14. The predicted octanol–water partition coefficient (Wildman–Crippen LogP) is 2.05. The summed E-state index contributed by atoms with van der Waals surface area (Å²) in [7, 11) is 0. The van der Waals surface area contributed by atoms with Gasteiger partial charge in [-0.1, -0.05) is 5.21 Å². The maximum atomic E-state index is 11.7. The third-order valence-electron chi connectivity index (χ3n) is 3.47. The van der Waals surface area contributed by atoms with Gasteiger partial charge in [0.15, 0.2) is 5.69 Å². The number of carbonyl (C=O) groups is 2. The topological polar surface area (TPSA) is 119 Å². The first-order valence-corrected chi connectivity index (χ1v) is 9.07. The summed E-state index contributed by atoms with van der Waals surface area (Å²) in [4.78, 5) is 28.4. The van der Waals surface area contributed by atoms with Crippen molar-refractivity contribution in [1.82, 2.24) is 25.3 Å². The van der Waals surface area contributed by atoms with Crippen molar-refractivity contribution in [3.63, 3.8) is 0 Å². The lowest BCUT2D eigenvalue weighted by Gasteiger charge is -2.19. The van der Waals surface area contributed by atoms with Crippen LogP contribution < -0.4 is 5.32 Å². The van der Waals surface area contributed by atoms with Crippen LogP contribution in [0.15, 0.2) is 5.51 Å². The molecule has 1 amide bonds. The van der Waals surface area contributed by atoms with Crippen LogP contribution in [0.3, 0.4) is 0 Å². The van der Waals surface area contributed by atoms with E-state index in [9.17, 15) is 14.7 Å². The summed E-state index contributed by atoms with van der Waals surface area (Å²) >= 11 is 1.55. The number of nitrogens with one attached hydrogen (secondary N) is 1. The van der Waals surface area contributed by atoms with Crippen molar-refractivity contribution >= 4 is 23.4 Å². The van der Waals surface area contributed by atoms with Gasteiger partial charge in [0.2, 0.25) is 0 Å². The van der Waals surface area contributed by atoms with Gasteiger partial charge in [-0.05, 0) is 27.7 Å². The zero-order valence-corrected chi connectivity index (χ0v) is 16.1. The lowest BCUT2D eigenvalue weighted by molar-refractivity contribution is 0.0528. The molecule has 2 N–H and O–H groups in total. The fourth-order valence-corrected chi connectivity index (χ4v) is 3.07. The Bertz CT molecular complexity index is 778. The lowest BCUT2D eigenvalue weighted by Crippen LogP contribution is -2.34. The summed E-state index contributed by atoms with van der Waals surface area (Å²) in [6.45, 7) is 7.97. The molecular formula is C16H23N5O4S. The van der Waals surface area contributed by atoms with Gasteiger partial charge in [-0.3, -0.25) is 0 Å². The summed E-state index contributed by atoms with van der Waals surface area (Å²) in [5.74, 6) is -1.14. The zero-order valence-electron chi connectivity index (χ0n) is 15.3. The fraction of sp³-hybridized carbons (Fsp3) is 0.562. The number of amides is 1. The number of thiazole rings is 1. The molecule has 2 aromatic rings. The lowest BCUT2D eigenvalue weighted by atomic mass is 10.2.